The third-order valence-electron chi connectivity index (χ3n) is 4.33. The van der Waals surface area contributed by atoms with Crippen molar-refractivity contribution in [3.63, 3.8) is 0 Å². The monoisotopic (exact) mass is 340 g/mol. The fraction of sp³-hybridized carbons (Fsp3) is 0.368. The minimum absolute atomic E-state index is 0.139. The number of benzene rings is 1. The Hall–Kier alpha value is -2.76. The van der Waals surface area contributed by atoms with E-state index in [-0.39, 0.29) is 6.04 Å². The van der Waals surface area contributed by atoms with Crippen LogP contribution >= 0.6 is 0 Å². The maximum Gasteiger partial charge on any atom is 0.229 e. The molecule has 0 saturated carbocycles. The number of rotatable bonds is 5. The Morgan fingerprint density at radius 3 is 2.52 bits per heavy atom. The molecule has 6 nitrogen and oxygen atoms in total. The molecule has 3 rings (SSSR count). The summed E-state index contributed by atoms with van der Waals surface area (Å²) in [5, 5.41) is 3.36. The standard InChI is InChI=1S/C19H24N4O2/c1-12-7-8-16(20)15(9-12)13-5-4-6-14(10-13)21-19-22-17(24-2)11-18(23-19)25-3/h7-11,14H,4-6,20H2,1-3H3,(H,21,22,23). The predicted molar refractivity (Wildman–Crippen MR) is 100.0 cm³/mol. The van der Waals surface area contributed by atoms with E-state index >= 15 is 0 Å². The van der Waals surface area contributed by atoms with E-state index in [1.807, 2.05) is 12.1 Å². The maximum atomic E-state index is 6.18. The zero-order valence-electron chi connectivity index (χ0n) is 14.9. The predicted octanol–water partition coefficient (Wildman–Crippen LogP) is 3.43. The Morgan fingerprint density at radius 1 is 1.12 bits per heavy atom. The van der Waals surface area contributed by atoms with Gasteiger partial charge in [0.1, 0.15) is 0 Å². The number of methoxy groups -OCH3 is 2. The normalized spacial score (nSPS) is 16.9. The van der Waals surface area contributed by atoms with Gasteiger partial charge in [0.2, 0.25) is 17.7 Å². The number of nitrogens with zero attached hydrogens (tertiary/aromatic N) is 2. The van der Waals surface area contributed by atoms with Crippen molar-refractivity contribution in [1.82, 2.24) is 9.97 Å². The van der Waals surface area contributed by atoms with Crippen molar-refractivity contribution >= 4 is 17.2 Å². The van der Waals surface area contributed by atoms with E-state index in [9.17, 15) is 0 Å². The molecule has 132 valence electrons. The molecular weight excluding hydrogens is 316 g/mol. The summed E-state index contributed by atoms with van der Waals surface area (Å²) in [6, 6.07) is 7.95. The van der Waals surface area contributed by atoms with Crippen LogP contribution in [0.25, 0.3) is 5.57 Å². The van der Waals surface area contributed by atoms with E-state index < -0.39 is 0 Å². The van der Waals surface area contributed by atoms with E-state index in [4.69, 9.17) is 15.2 Å². The topological polar surface area (TPSA) is 82.3 Å². The van der Waals surface area contributed by atoms with Gasteiger partial charge in [0.15, 0.2) is 0 Å². The average molecular weight is 340 g/mol. The van der Waals surface area contributed by atoms with Gasteiger partial charge in [-0.3, -0.25) is 0 Å². The van der Waals surface area contributed by atoms with Gasteiger partial charge in [-0.05, 0) is 43.9 Å². The highest BCUT2D eigenvalue weighted by Gasteiger charge is 2.18. The van der Waals surface area contributed by atoms with Gasteiger partial charge in [0.05, 0.1) is 20.3 Å². The second-order valence-corrected chi connectivity index (χ2v) is 6.20. The van der Waals surface area contributed by atoms with E-state index in [2.05, 4.69) is 34.4 Å². The van der Waals surface area contributed by atoms with Crippen LogP contribution in [0, 0.1) is 6.92 Å². The molecule has 6 heteroatoms. The van der Waals surface area contributed by atoms with Crippen LogP contribution < -0.4 is 20.5 Å². The molecule has 1 aromatic carbocycles. The maximum absolute atomic E-state index is 6.18. The SMILES string of the molecule is COc1cc(OC)nc(NC2C=C(c3cc(C)ccc3N)CCC2)n1. The van der Waals surface area contributed by atoms with Crippen LogP contribution in [0.2, 0.25) is 0 Å². The average Bonchev–Trinajstić information content (AvgIpc) is 2.63. The number of nitrogen functional groups attached to an aromatic ring is 1. The molecule has 1 atom stereocenters. The summed E-state index contributed by atoms with van der Waals surface area (Å²) in [6.45, 7) is 2.08. The molecule has 0 radical (unpaired) electrons. The van der Waals surface area contributed by atoms with Gasteiger partial charge in [-0.1, -0.05) is 17.7 Å². The summed E-state index contributed by atoms with van der Waals surface area (Å²) in [6.07, 6.45) is 5.34. The second-order valence-electron chi connectivity index (χ2n) is 6.20. The highest BCUT2D eigenvalue weighted by molar-refractivity contribution is 5.76. The third-order valence-corrected chi connectivity index (χ3v) is 4.33. The summed E-state index contributed by atoms with van der Waals surface area (Å²) in [5.41, 5.74) is 10.6. The van der Waals surface area contributed by atoms with Gasteiger partial charge < -0.3 is 20.5 Å². The minimum Gasteiger partial charge on any atom is -0.481 e. The fourth-order valence-corrected chi connectivity index (χ4v) is 3.05. The van der Waals surface area contributed by atoms with Gasteiger partial charge in [-0.2, -0.15) is 9.97 Å². The minimum atomic E-state index is 0.139. The molecule has 3 N–H and O–H groups in total. The van der Waals surface area contributed by atoms with Crippen molar-refractivity contribution in [2.75, 3.05) is 25.3 Å². The summed E-state index contributed by atoms with van der Waals surface area (Å²) in [7, 11) is 3.15. The quantitative estimate of drug-likeness (QED) is 0.812. The van der Waals surface area contributed by atoms with Gasteiger partial charge in [0.25, 0.3) is 0 Å². The van der Waals surface area contributed by atoms with Crippen LogP contribution in [0.1, 0.15) is 30.4 Å². The first-order valence-corrected chi connectivity index (χ1v) is 8.40. The number of anilines is 2. The highest BCUT2D eigenvalue weighted by atomic mass is 16.5. The molecule has 1 aromatic heterocycles. The molecule has 0 saturated heterocycles. The second kappa shape index (κ2) is 7.42. The molecule has 1 aliphatic carbocycles. The number of hydrogen-bond acceptors (Lipinski definition) is 6. The summed E-state index contributed by atoms with van der Waals surface area (Å²) in [4.78, 5) is 8.69. The number of allylic oxidation sites excluding steroid dienone is 1. The first-order valence-electron chi connectivity index (χ1n) is 8.40. The Kier molecular flexibility index (Phi) is 5.07. The van der Waals surface area contributed by atoms with Crippen molar-refractivity contribution in [3.05, 3.63) is 41.5 Å². The molecule has 0 amide bonds. The van der Waals surface area contributed by atoms with Crippen LogP contribution in [0.3, 0.4) is 0 Å². The zero-order valence-corrected chi connectivity index (χ0v) is 14.9. The molecule has 0 fully saturated rings. The van der Waals surface area contributed by atoms with Crippen LogP contribution in [-0.4, -0.2) is 30.2 Å². The smallest absolute Gasteiger partial charge is 0.229 e. The molecule has 1 unspecified atom stereocenters. The van der Waals surface area contributed by atoms with Crippen LogP contribution in [0.15, 0.2) is 30.3 Å². The summed E-state index contributed by atoms with van der Waals surface area (Å²) >= 11 is 0. The van der Waals surface area contributed by atoms with Crippen LogP contribution in [0.4, 0.5) is 11.6 Å². The Labute approximate surface area is 148 Å². The van der Waals surface area contributed by atoms with Crippen molar-refractivity contribution in [2.24, 2.45) is 0 Å². The van der Waals surface area contributed by atoms with Gasteiger partial charge in [-0.25, -0.2) is 0 Å². The molecule has 0 bridgehead atoms. The molecule has 0 spiro atoms. The van der Waals surface area contributed by atoms with Crippen molar-refractivity contribution in [1.29, 1.82) is 0 Å². The number of nitrogens with two attached hydrogens (primary N) is 1. The molecule has 1 heterocycles. The lowest BCUT2D eigenvalue weighted by Crippen LogP contribution is -2.22. The number of hydrogen-bond donors (Lipinski definition) is 2. The number of aromatic nitrogens is 2. The van der Waals surface area contributed by atoms with E-state index in [1.165, 1.54) is 11.1 Å². The van der Waals surface area contributed by atoms with Gasteiger partial charge in [0, 0.05) is 17.3 Å². The third kappa shape index (κ3) is 4.02. The molecular formula is C19H24N4O2. The Bertz CT molecular complexity index is 767. The van der Waals surface area contributed by atoms with Gasteiger partial charge in [-0.15, -0.1) is 0 Å². The van der Waals surface area contributed by atoms with Crippen LogP contribution in [0.5, 0.6) is 11.8 Å². The first kappa shape index (κ1) is 17.1. The number of aryl methyl sites for hydroxylation is 1. The largest absolute Gasteiger partial charge is 0.481 e. The fourth-order valence-electron chi connectivity index (χ4n) is 3.05. The lowest BCUT2D eigenvalue weighted by molar-refractivity contribution is 0.372. The summed E-state index contributed by atoms with van der Waals surface area (Å²) < 4.78 is 10.4. The Morgan fingerprint density at radius 2 is 1.84 bits per heavy atom. The molecule has 25 heavy (non-hydrogen) atoms. The van der Waals surface area contributed by atoms with Crippen molar-refractivity contribution in [3.8, 4) is 11.8 Å². The van der Waals surface area contributed by atoms with Gasteiger partial charge >= 0.3 is 0 Å². The highest BCUT2D eigenvalue weighted by Crippen LogP contribution is 2.32. The van der Waals surface area contributed by atoms with Crippen molar-refractivity contribution in [2.45, 2.75) is 32.2 Å². The van der Waals surface area contributed by atoms with Crippen molar-refractivity contribution < 1.29 is 9.47 Å². The lowest BCUT2D eigenvalue weighted by atomic mass is 9.89. The molecule has 0 aliphatic heterocycles. The lowest BCUT2D eigenvalue weighted by Gasteiger charge is -2.23. The number of nitrogens with one attached hydrogen (secondary N) is 1. The first-order chi connectivity index (χ1) is 12.1. The van der Waals surface area contributed by atoms with E-state index in [1.54, 1.807) is 20.3 Å². The van der Waals surface area contributed by atoms with E-state index in [0.717, 1.165) is 30.5 Å². The van der Waals surface area contributed by atoms with E-state index in [0.29, 0.717) is 17.7 Å². The van der Waals surface area contributed by atoms with Crippen LogP contribution in [-0.2, 0) is 0 Å². The molecule has 2 aromatic rings. The summed E-state index contributed by atoms with van der Waals surface area (Å²) in [5.74, 6) is 1.44. The number of ether oxygens (including phenoxy) is 2. The Balaban J connectivity index is 1.85. The zero-order chi connectivity index (χ0) is 17.8. The molecule has 1 aliphatic rings.